The van der Waals surface area contributed by atoms with Crippen molar-refractivity contribution in [2.24, 2.45) is 0 Å². The highest BCUT2D eigenvalue weighted by atomic mass is 35.5. The lowest BCUT2D eigenvalue weighted by Crippen LogP contribution is -2.09. The average Bonchev–Trinajstić information content (AvgIpc) is 3.00. The van der Waals surface area contributed by atoms with Gasteiger partial charge in [0.1, 0.15) is 17.3 Å². The summed E-state index contributed by atoms with van der Waals surface area (Å²) >= 11 is 12.1. The molecule has 3 nitrogen and oxygen atoms in total. The molecule has 0 saturated carbocycles. The number of aryl methyl sites for hydroxylation is 1. The van der Waals surface area contributed by atoms with E-state index in [9.17, 15) is 0 Å². The number of nitrogens with zero attached hydrogens (tertiary/aromatic N) is 2. The molecule has 3 aromatic rings. The SMILES string of the molecule is Cc1ccc(C(C)n2c(CCl)nc3cc(Cl)ccc32)o1. The topological polar surface area (TPSA) is 31.0 Å². The number of fused-ring (bicyclic) bond motifs is 1. The van der Waals surface area contributed by atoms with Gasteiger partial charge in [0.25, 0.3) is 0 Å². The van der Waals surface area contributed by atoms with Crippen molar-refractivity contribution in [3.05, 3.63) is 52.7 Å². The summed E-state index contributed by atoms with van der Waals surface area (Å²) in [6, 6.07) is 9.65. The largest absolute Gasteiger partial charge is 0.464 e. The molecule has 20 heavy (non-hydrogen) atoms. The van der Waals surface area contributed by atoms with E-state index >= 15 is 0 Å². The van der Waals surface area contributed by atoms with Crippen molar-refractivity contribution in [3.8, 4) is 0 Å². The molecule has 0 radical (unpaired) electrons. The van der Waals surface area contributed by atoms with Crippen molar-refractivity contribution >= 4 is 34.2 Å². The van der Waals surface area contributed by atoms with Gasteiger partial charge in [-0.2, -0.15) is 0 Å². The second kappa shape index (κ2) is 5.15. The van der Waals surface area contributed by atoms with Gasteiger partial charge in [0.2, 0.25) is 0 Å². The zero-order valence-electron chi connectivity index (χ0n) is 11.2. The number of alkyl halides is 1. The van der Waals surface area contributed by atoms with Gasteiger partial charge in [-0.1, -0.05) is 11.6 Å². The third-order valence-electron chi connectivity index (χ3n) is 3.40. The molecule has 0 amide bonds. The number of aromatic nitrogens is 2. The molecule has 1 unspecified atom stereocenters. The Labute approximate surface area is 127 Å². The Morgan fingerprint density at radius 1 is 1.30 bits per heavy atom. The van der Waals surface area contributed by atoms with Gasteiger partial charge in [0.15, 0.2) is 0 Å². The molecule has 0 spiro atoms. The van der Waals surface area contributed by atoms with Crippen LogP contribution in [0.1, 0.15) is 30.3 Å². The van der Waals surface area contributed by atoms with Crippen molar-refractivity contribution in [2.75, 3.05) is 0 Å². The molecule has 1 atom stereocenters. The molecule has 0 bridgehead atoms. The van der Waals surface area contributed by atoms with E-state index in [1.165, 1.54) is 0 Å². The summed E-state index contributed by atoms with van der Waals surface area (Å²) < 4.78 is 7.82. The molecule has 0 aliphatic heterocycles. The maximum absolute atomic E-state index is 6.03. The third kappa shape index (κ3) is 2.21. The third-order valence-corrected chi connectivity index (χ3v) is 3.88. The van der Waals surface area contributed by atoms with Crippen LogP contribution < -0.4 is 0 Å². The number of benzene rings is 1. The Morgan fingerprint density at radius 3 is 2.75 bits per heavy atom. The monoisotopic (exact) mass is 308 g/mol. The molecule has 2 aromatic heterocycles. The van der Waals surface area contributed by atoms with Crippen molar-refractivity contribution < 1.29 is 4.42 Å². The summed E-state index contributed by atoms with van der Waals surface area (Å²) in [4.78, 5) is 4.55. The van der Waals surface area contributed by atoms with E-state index in [0.717, 1.165) is 28.4 Å². The van der Waals surface area contributed by atoms with Crippen LogP contribution in [0.25, 0.3) is 11.0 Å². The number of furan rings is 1. The second-order valence-electron chi connectivity index (χ2n) is 4.79. The minimum Gasteiger partial charge on any atom is -0.464 e. The lowest BCUT2D eigenvalue weighted by Gasteiger charge is -2.14. The summed E-state index contributed by atoms with van der Waals surface area (Å²) in [5.41, 5.74) is 1.86. The predicted octanol–water partition coefficient (Wildman–Crippen LogP) is 4.94. The first kappa shape index (κ1) is 13.5. The van der Waals surface area contributed by atoms with Crippen molar-refractivity contribution in [1.82, 2.24) is 9.55 Å². The summed E-state index contributed by atoms with van der Waals surface area (Å²) in [5, 5.41) is 0.671. The fourth-order valence-corrected chi connectivity index (χ4v) is 2.81. The molecule has 0 aliphatic rings. The minimum atomic E-state index is 0.0311. The van der Waals surface area contributed by atoms with E-state index in [1.54, 1.807) is 0 Å². The van der Waals surface area contributed by atoms with Gasteiger partial charge < -0.3 is 8.98 Å². The molecule has 0 fully saturated rings. The highest BCUT2D eigenvalue weighted by Crippen LogP contribution is 2.29. The van der Waals surface area contributed by atoms with Gasteiger partial charge in [0, 0.05) is 5.02 Å². The molecule has 3 rings (SSSR count). The smallest absolute Gasteiger partial charge is 0.126 e. The highest BCUT2D eigenvalue weighted by molar-refractivity contribution is 6.31. The molecule has 104 valence electrons. The van der Waals surface area contributed by atoms with E-state index in [2.05, 4.69) is 16.5 Å². The van der Waals surface area contributed by atoms with Gasteiger partial charge in [0.05, 0.1) is 23.0 Å². The van der Waals surface area contributed by atoms with Crippen molar-refractivity contribution in [3.63, 3.8) is 0 Å². The first-order valence-electron chi connectivity index (χ1n) is 6.39. The van der Waals surface area contributed by atoms with Crippen LogP contribution in [0.15, 0.2) is 34.7 Å². The van der Waals surface area contributed by atoms with Crippen molar-refractivity contribution in [2.45, 2.75) is 25.8 Å². The molecule has 0 N–H and O–H groups in total. The fraction of sp³-hybridized carbons (Fsp3) is 0.267. The normalized spacial score (nSPS) is 13.0. The number of hydrogen-bond donors (Lipinski definition) is 0. The van der Waals surface area contributed by atoms with Crippen LogP contribution in [-0.4, -0.2) is 9.55 Å². The zero-order valence-corrected chi connectivity index (χ0v) is 12.7. The Balaban J connectivity index is 2.18. The quantitative estimate of drug-likeness (QED) is 0.642. The Bertz CT molecular complexity index is 760. The average molecular weight is 309 g/mol. The summed E-state index contributed by atoms with van der Waals surface area (Å²) in [7, 11) is 0. The van der Waals surface area contributed by atoms with Gasteiger partial charge >= 0.3 is 0 Å². The lowest BCUT2D eigenvalue weighted by molar-refractivity contribution is 0.429. The van der Waals surface area contributed by atoms with E-state index in [4.69, 9.17) is 27.6 Å². The summed E-state index contributed by atoms with van der Waals surface area (Å²) in [5.74, 6) is 2.94. The van der Waals surface area contributed by atoms with E-state index in [0.29, 0.717) is 10.9 Å². The number of halogens is 2. The number of hydrogen-bond acceptors (Lipinski definition) is 2. The molecule has 5 heteroatoms. The first-order chi connectivity index (χ1) is 9.60. The van der Waals surface area contributed by atoms with Crippen LogP contribution >= 0.6 is 23.2 Å². The predicted molar refractivity (Wildman–Crippen MR) is 81.6 cm³/mol. The van der Waals surface area contributed by atoms with Crippen LogP contribution in [-0.2, 0) is 5.88 Å². The Hall–Kier alpha value is -1.45. The second-order valence-corrected chi connectivity index (χ2v) is 5.49. The first-order valence-corrected chi connectivity index (χ1v) is 7.30. The van der Waals surface area contributed by atoms with Crippen LogP contribution in [0.2, 0.25) is 5.02 Å². The lowest BCUT2D eigenvalue weighted by atomic mass is 10.2. The minimum absolute atomic E-state index is 0.0311. The number of imidazole rings is 1. The van der Waals surface area contributed by atoms with E-state index in [-0.39, 0.29) is 6.04 Å². The van der Waals surface area contributed by atoms with Crippen molar-refractivity contribution in [1.29, 1.82) is 0 Å². The summed E-state index contributed by atoms with van der Waals surface area (Å²) in [6.45, 7) is 4.01. The van der Waals surface area contributed by atoms with Gasteiger partial charge in [-0.25, -0.2) is 4.98 Å². The highest BCUT2D eigenvalue weighted by Gasteiger charge is 2.19. The fourth-order valence-electron chi connectivity index (χ4n) is 2.45. The van der Waals surface area contributed by atoms with Gasteiger partial charge in [-0.15, -0.1) is 11.6 Å². The maximum atomic E-state index is 6.03. The molecular formula is C15H14Cl2N2O. The molecular weight excluding hydrogens is 295 g/mol. The zero-order chi connectivity index (χ0) is 14.3. The van der Waals surface area contributed by atoms with E-state index in [1.807, 2.05) is 37.3 Å². The molecule has 0 saturated heterocycles. The molecule has 2 heterocycles. The maximum Gasteiger partial charge on any atom is 0.126 e. The Kier molecular flexibility index (Phi) is 3.48. The number of rotatable bonds is 3. The van der Waals surface area contributed by atoms with Gasteiger partial charge in [-0.05, 0) is 44.2 Å². The molecule has 1 aromatic carbocycles. The van der Waals surface area contributed by atoms with Crippen LogP contribution in [0, 0.1) is 6.92 Å². The van der Waals surface area contributed by atoms with Crippen LogP contribution in [0.4, 0.5) is 0 Å². The van der Waals surface area contributed by atoms with Gasteiger partial charge in [-0.3, -0.25) is 0 Å². The standard InChI is InChI=1S/C15H14Cl2N2O/c1-9-3-6-14(20-9)10(2)19-13-5-4-11(17)7-12(13)18-15(19)8-16/h3-7,10H,8H2,1-2H3. The van der Waals surface area contributed by atoms with Crippen LogP contribution in [0.5, 0.6) is 0 Å². The van der Waals surface area contributed by atoms with Crippen LogP contribution in [0.3, 0.4) is 0 Å². The Morgan fingerprint density at radius 2 is 2.10 bits per heavy atom. The molecule has 0 aliphatic carbocycles. The summed E-state index contributed by atoms with van der Waals surface area (Å²) in [6.07, 6.45) is 0. The van der Waals surface area contributed by atoms with E-state index < -0.39 is 0 Å².